The molecule has 5 rings (SSSR count). The van der Waals surface area contributed by atoms with Crippen LogP contribution in [0.4, 0.5) is 11.6 Å². The molecule has 3 heterocycles. The number of rotatable bonds is 4. The van der Waals surface area contributed by atoms with Crippen molar-refractivity contribution in [2.45, 2.75) is 46.6 Å². The first-order valence-electron chi connectivity index (χ1n) is 11.7. The fourth-order valence-electron chi connectivity index (χ4n) is 4.88. The number of amides is 2. The topological polar surface area (TPSA) is 91.7 Å². The first-order valence-corrected chi connectivity index (χ1v) is 11.7. The Hall–Kier alpha value is -3.61. The van der Waals surface area contributed by atoms with Gasteiger partial charge in [0.2, 0.25) is 0 Å². The lowest BCUT2D eigenvalue weighted by atomic mass is 9.83. The average Bonchev–Trinajstić information content (AvgIpc) is 3.08. The zero-order valence-corrected chi connectivity index (χ0v) is 20.0. The van der Waals surface area contributed by atoms with Gasteiger partial charge in [0, 0.05) is 30.4 Å². The summed E-state index contributed by atoms with van der Waals surface area (Å²) >= 11 is 0. The number of carbonyl (C=O) groups excluding carboxylic acids is 2. The normalized spacial score (nSPS) is 18.1. The number of fused-ring (bicyclic) bond motifs is 2. The fourth-order valence-corrected chi connectivity index (χ4v) is 4.88. The van der Waals surface area contributed by atoms with Gasteiger partial charge in [-0.05, 0) is 55.9 Å². The van der Waals surface area contributed by atoms with Crippen LogP contribution >= 0.6 is 0 Å². The molecule has 176 valence electrons. The van der Waals surface area contributed by atoms with Gasteiger partial charge in [-0.2, -0.15) is 0 Å². The molecule has 0 aliphatic carbocycles. The van der Waals surface area contributed by atoms with Gasteiger partial charge in [0.1, 0.15) is 5.58 Å². The molecule has 2 aliphatic rings. The quantitative estimate of drug-likeness (QED) is 0.546. The van der Waals surface area contributed by atoms with Crippen molar-refractivity contribution in [1.29, 1.82) is 0 Å². The molecule has 0 radical (unpaired) electrons. The maximum absolute atomic E-state index is 13.1. The lowest BCUT2D eigenvalue weighted by molar-refractivity contribution is 0.0880. The second kappa shape index (κ2) is 8.01. The Morgan fingerprint density at radius 2 is 1.79 bits per heavy atom. The van der Waals surface area contributed by atoms with E-state index in [1.54, 1.807) is 24.3 Å². The van der Waals surface area contributed by atoms with Crippen LogP contribution in [-0.2, 0) is 0 Å². The van der Waals surface area contributed by atoms with Gasteiger partial charge in [0.05, 0.1) is 22.6 Å². The number of nitrogens with one attached hydrogen (secondary N) is 2. The van der Waals surface area contributed by atoms with Gasteiger partial charge in [-0.15, -0.1) is 0 Å². The molecule has 3 aromatic rings. The predicted molar refractivity (Wildman–Crippen MR) is 133 cm³/mol. The smallest absolute Gasteiger partial charge is 0.261 e. The van der Waals surface area contributed by atoms with E-state index in [2.05, 4.69) is 29.4 Å². The molecule has 2 aromatic carbocycles. The molecule has 1 atom stereocenters. The van der Waals surface area contributed by atoms with Crippen LogP contribution in [0.3, 0.4) is 0 Å². The molecule has 34 heavy (non-hydrogen) atoms. The third-order valence-corrected chi connectivity index (χ3v) is 7.02. The molecule has 2 amide bonds. The van der Waals surface area contributed by atoms with Crippen LogP contribution in [0.2, 0.25) is 0 Å². The van der Waals surface area contributed by atoms with Crippen LogP contribution in [-0.4, -0.2) is 24.9 Å². The van der Waals surface area contributed by atoms with Crippen molar-refractivity contribution in [3.8, 4) is 0 Å². The van der Waals surface area contributed by atoms with Crippen molar-refractivity contribution in [3.63, 3.8) is 0 Å². The van der Waals surface area contributed by atoms with Crippen molar-refractivity contribution in [3.05, 3.63) is 68.9 Å². The number of carbonyl (C=O) groups is 2. The molecule has 2 N–H and O–H groups in total. The third-order valence-electron chi connectivity index (χ3n) is 7.02. The summed E-state index contributed by atoms with van der Waals surface area (Å²) in [6.45, 7) is 10.1. The number of anilines is 2. The van der Waals surface area contributed by atoms with Crippen molar-refractivity contribution in [2.75, 3.05) is 23.3 Å². The van der Waals surface area contributed by atoms with Crippen molar-refractivity contribution >= 4 is 34.4 Å². The number of piperidine rings is 1. The molecular formula is C27H29N3O4. The van der Waals surface area contributed by atoms with Gasteiger partial charge >= 0.3 is 0 Å². The molecular weight excluding hydrogens is 430 g/mol. The number of hydrogen-bond donors (Lipinski definition) is 2. The highest BCUT2D eigenvalue weighted by atomic mass is 16.4. The van der Waals surface area contributed by atoms with Gasteiger partial charge in [-0.3, -0.25) is 19.7 Å². The van der Waals surface area contributed by atoms with Crippen LogP contribution < -0.4 is 21.0 Å². The Morgan fingerprint density at radius 3 is 2.53 bits per heavy atom. The summed E-state index contributed by atoms with van der Waals surface area (Å²) < 4.78 is 6.38. The number of benzene rings is 2. The monoisotopic (exact) mass is 459 g/mol. The third kappa shape index (κ3) is 3.85. The van der Waals surface area contributed by atoms with Crippen molar-refractivity contribution in [1.82, 2.24) is 5.32 Å². The number of imide groups is 1. The number of nitrogens with zero attached hydrogens (tertiary/aromatic N) is 1. The maximum atomic E-state index is 13.1. The largest absolute Gasteiger partial charge is 0.440 e. The van der Waals surface area contributed by atoms with E-state index >= 15 is 0 Å². The molecule has 1 saturated heterocycles. The maximum Gasteiger partial charge on any atom is 0.261 e. The minimum absolute atomic E-state index is 0.0659. The molecule has 2 aliphatic heterocycles. The van der Waals surface area contributed by atoms with Gasteiger partial charge in [-0.1, -0.05) is 26.0 Å². The Labute approximate surface area is 198 Å². The Bertz CT molecular complexity index is 1380. The van der Waals surface area contributed by atoms with Crippen molar-refractivity contribution < 1.29 is 14.0 Å². The minimum Gasteiger partial charge on any atom is -0.440 e. The van der Waals surface area contributed by atoms with E-state index in [1.807, 2.05) is 26.0 Å². The summed E-state index contributed by atoms with van der Waals surface area (Å²) in [5, 5.41) is 6.26. The lowest BCUT2D eigenvalue weighted by Gasteiger charge is -2.37. The van der Waals surface area contributed by atoms with Gasteiger partial charge in [0.15, 0.2) is 11.3 Å². The second-order valence-corrected chi connectivity index (χ2v) is 10.2. The molecule has 7 heteroatoms. The molecule has 0 bridgehead atoms. The summed E-state index contributed by atoms with van der Waals surface area (Å²) in [5.74, 6) is -0.209. The molecule has 1 aromatic heterocycles. The Kier molecular flexibility index (Phi) is 5.23. The van der Waals surface area contributed by atoms with Crippen molar-refractivity contribution in [2.24, 2.45) is 5.41 Å². The summed E-state index contributed by atoms with van der Waals surface area (Å²) in [6, 6.07) is 10.3. The fraction of sp³-hybridized carbons (Fsp3) is 0.370. The van der Waals surface area contributed by atoms with Crippen LogP contribution in [0, 0.1) is 12.3 Å². The van der Waals surface area contributed by atoms with Crippen LogP contribution in [0.25, 0.3) is 11.0 Å². The zero-order chi connectivity index (χ0) is 24.2. The van der Waals surface area contributed by atoms with Gasteiger partial charge < -0.3 is 14.6 Å². The SMILES string of the molecule is Cc1cc(C(C)Nc2cccc3c2C(=O)NC3=O)c2oc(N3CCC(C)(C)CC3)cc(=O)c2c1. The van der Waals surface area contributed by atoms with E-state index in [1.165, 1.54) is 0 Å². The predicted octanol–water partition coefficient (Wildman–Crippen LogP) is 4.78. The van der Waals surface area contributed by atoms with E-state index < -0.39 is 11.8 Å². The van der Waals surface area contributed by atoms with E-state index in [0.29, 0.717) is 33.7 Å². The minimum atomic E-state index is -0.411. The Balaban J connectivity index is 1.55. The molecule has 1 fully saturated rings. The van der Waals surface area contributed by atoms with Crippen LogP contribution in [0.1, 0.15) is 71.5 Å². The highest BCUT2D eigenvalue weighted by Crippen LogP contribution is 2.35. The first-order chi connectivity index (χ1) is 16.1. The molecule has 0 saturated carbocycles. The number of aryl methyl sites for hydroxylation is 1. The van der Waals surface area contributed by atoms with E-state index in [0.717, 1.165) is 37.1 Å². The van der Waals surface area contributed by atoms with E-state index in [-0.39, 0.29) is 16.9 Å². The first kappa shape index (κ1) is 22.2. The highest BCUT2D eigenvalue weighted by Gasteiger charge is 2.30. The zero-order valence-electron chi connectivity index (χ0n) is 20.0. The summed E-state index contributed by atoms with van der Waals surface area (Å²) in [7, 11) is 0. The molecule has 1 unspecified atom stereocenters. The highest BCUT2D eigenvalue weighted by molar-refractivity contribution is 6.23. The van der Waals surface area contributed by atoms with Gasteiger partial charge in [0.25, 0.3) is 11.8 Å². The standard InChI is InChI=1S/C27H29N3O4/c1-15-12-18(16(2)28-20-7-5-6-17-23(20)26(33)29-25(17)32)24-19(13-15)21(31)14-22(34-24)30-10-8-27(3,4)9-11-30/h5-7,12-14,16,28H,8-11H2,1-4H3,(H,29,32,33). The molecule has 0 spiro atoms. The average molecular weight is 460 g/mol. The van der Waals surface area contributed by atoms with Gasteiger partial charge in [-0.25, -0.2) is 0 Å². The van der Waals surface area contributed by atoms with E-state index in [4.69, 9.17) is 4.42 Å². The lowest BCUT2D eigenvalue weighted by Crippen LogP contribution is -2.37. The Morgan fingerprint density at radius 1 is 1.06 bits per heavy atom. The summed E-state index contributed by atoms with van der Waals surface area (Å²) in [4.78, 5) is 39.6. The summed E-state index contributed by atoms with van der Waals surface area (Å²) in [5.41, 5.74) is 3.82. The van der Waals surface area contributed by atoms with E-state index in [9.17, 15) is 14.4 Å². The van der Waals surface area contributed by atoms with Crippen LogP contribution in [0.15, 0.2) is 45.6 Å². The second-order valence-electron chi connectivity index (χ2n) is 10.2. The number of hydrogen-bond acceptors (Lipinski definition) is 6. The van der Waals surface area contributed by atoms with Crippen LogP contribution in [0.5, 0.6) is 0 Å². The molecule has 7 nitrogen and oxygen atoms in total. The summed E-state index contributed by atoms with van der Waals surface area (Å²) in [6.07, 6.45) is 2.07.